The van der Waals surface area contributed by atoms with Crippen LogP contribution in [-0.2, 0) is 21.5 Å². The highest BCUT2D eigenvalue weighted by molar-refractivity contribution is 5.73. The van der Waals surface area contributed by atoms with Crippen molar-refractivity contribution in [3.8, 4) is 6.07 Å². The van der Waals surface area contributed by atoms with E-state index in [9.17, 15) is 23.6 Å². The van der Waals surface area contributed by atoms with Crippen molar-refractivity contribution >= 4 is 17.7 Å². The number of carbonyl (C=O) groups is 2. The van der Waals surface area contributed by atoms with E-state index < -0.39 is 17.7 Å². The van der Waals surface area contributed by atoms with Crippen molar-refractivity contribution in [3.63, 3.8) is 0 Å². The number of piperidine rings is 1. The number of methoxy groups -OCH3 is 1. The molecule has 2 amide bonds. The molecule has 0 unspecified atom stereocenters. The number of nitriles is 1. The number of halogens is 3. The van der Waals surface area contributed by atoms with Crippen LogP contribution < -0.4 is 15.5 Å². The maximum Gasteiger partial charge on any atom is 0.407 e. The predicted octanol–water partition coefficient (Wildman–Crippen LogP) is 4.74. The minimum absolute atomic E-state index is 0.0244. The normalized spacial score (nSPS) is 23.6. The van der Waals surface area contributed by atoms with Crippen molar-refractivity contribution < 1.29 is 27.5 Å². The summed E-state index contributed by atoms with van der Waals surface area (Å²) in [7, 11) is 1.35. The van der Waals surface area contributed by atoms with E-state index in [1.165, 1.54) is 20.1 Å². The molecule has 9 nitrogen and oxygen atoms in total. The molecular formula is C37H47F3N6O3. The molecule has 3 aliphatic heterocycles. The van der Waals surface area contributed by atoms with Crippen molar-refractivity contribution in [2.24, 2.45) is 17.8 Å². The second-order valence-corrected chi connectivity index (χ2v) is 14.4. The van der Waals surface area contributed by atoms with Crippen molar-refractivity contribution in [2.45, 2.75) is 63.2 Å². The molecule has 0 radical (unpaired) electrons. The van der Waals surface area contributed by atoms with E-state index in [0.717, 1.165) is 57.3 Å². The Labute approximate surface area is 286 Å². The molecule has 1 saturated carbocycles. The number of carbonyl (C=O) groups excluding carboxylic acids is 2. The quantitative estimate of drug-likeness (QED) is 0.354. The number of benzene rings is 2. The fraction of sp³-hybridized carbons (Fsp3) is 0.595. The lowest BCUT2D eigenvalue weighted by Crippen LogP contribution is -2.58. The second kappa shape index (κ2) is 15.0. The summed E-state index contributed by atoms with van der Waals surface area (Å²) in [6.45, 7) is 6.55. The second-order valence-electron chi connectivity index (χ2n) is 14.4. The Kier molecular flexibility index (Phi) is 10.7. The van der Waals surface area contributed by atoms with Gasteiger partial charge in [0.2, 0.25) is 5.91 Å². The van der Waals surface area contributed by atoms with Crippen LogP contribution in [0.25, 0.3) is 0 Å². The molecule has 0 bridgehead atoms. The van der Waals surface area contributed by atoms with Gasteiger partial charge in [0, 0.05) is 75.7 Å². The number of likely N-dealkylation sites (tertiary alicyclic amines) is 2. The Morgan fingerprint density at radius 3 is 2.45 bits per heavy atom. The van der Waals surface area contributed by atoms with E-state index in [-0.39, 0.29) is 55.1 Å². The van der Waals surface area contributed by atoms with Gasteiger partial charge in [0.1, 0.15) is 12.0 Å². The fourth-order valence-electron chi connectivity index (χ4n) is 8.99. The number of hydrogen-bond donors (Lipinski definition) is 2. The van der Waals surface area contributed by atoms with Crippen LogP contribution in [0, 0.1) is 40.7 Å². The van der Waals surface area contributed by atoms with Crippen molar-refractivity contribution in [3.05, 3.63) is 64.7 Å². The van der Waals surface area contributed by atoms with Gasteiger partial charge in [-0.3, -0.25) is 9.69 Å². The molecule has 0 spiro atoms. The average Bonchev–Trinajstić information content (AvgIpc) is 3.52. The monoisotopic (exact) mass is 680 g/mol. The standard InChI is InChI=1S/C37H47F3N6O3/c1-24(47)42-23-37(28-5-3-6-29(38)15-28,32-7-4-8-33(32)43-36(48)49-2)27-11-13-44(14-12-27)17-25-18-46(19-25)34-10-9-26(16-41)31(35(34)40)22-45-20-30(39)21-45/h3,5-6,9-10,15,25,27,30,32-33H,4,7-8,11-14,17-23H2,1-2H3,(H,42,47)(H,43,48)/t32-,33-,37-/m0/s1. The largest absolute Gasteiger partial charge is 0.453 e. The van der Waals surface area contributed by atoms with E-state index in [0.29, 0.717) is 42.4 Å². The number of hydrogen-bond acceptors (Lipinski definition) is 7. The highest BCUT2D eigenvalue weighted by Gasteiger charge is 2.52. The Bertz CT molecular complexity index is 1550. The van der Waals surface area contributed by atoms with Gasteiger partial charge in [0.15, 0.2) is 5.82 Å². The van der Waals surface area contributed by atoms with E-state index in [1.807, 2.05) is 15.9 Å². The molecule has 2 aromatic carbocycles. The Morgan fingerprint density at radius 1 is 1.04 bits per heavy atom. The molecule has 3 atom stereocenters. The minimum Gasteiger partial charge on any atom is -0.453 e. The zero-order valence-corrected chi connectivity index (χ0v) is 28.4. The van der Waals surface area contributed by atoms with Crippen LogP contribution in [0.5, 0.6) is 0 Å². The Hall–Kier alpha value is -3.82. The first-order valence-corrected chi connectivity index (χ1v) is 17.5. The van der Waals surface area contributed by atoms with Gasteiger partial charge in [-0.2, -0.15) is 5.26 Å². The maximum atomic E-state index is 15.7. The molecule has 3 saturated heterocycles. The molecule has 6 rings (SSSR count). The lowest BCUT2D eigenvalue weighted by molar-refractivity contribution is -0.119. The van der Waals surface area contributed by atoms with Crippen LogP contribution >= 0.6 is 0 Å². The number of nitrogens with one attached hydrogen (secondary N) is 2. The van der Waals surface area contributed by atoms with Gasteiger partial charge >= 0.3 is 6.09 Å². The summed E-state index contributed by atoms with van der Waals surface area (Å²) in [4.78, 5) is 31.0. The molecule has 1 aliphatic carbocycles. The summed E-state index contributed by atoms with van der Waals surface area (Å²) in [6.07, 6.45) is 2.84. The number of ether oxygens (including phenoxy) is 1. The fourth-order valence-corrected chi connectivity index (χ4v) is 8.99. The molecular weight excluding hydrogens is 633 g/mol. The smallest absolute Gasteiger partial charge is 0.407 e. The van der Waals surface area contributed by atoms with Crippen LogP contribution in [0.3, 0.4) is 0 Å². The van der Waals surface area contributed by atoms with Gasteiger partial charge in [-0.25, -0.2) is 18.0 Å². The van der Waals surface area contributed by atoms with Crippen molar-refractivity contribution in [1.82, 2.24) is 20.4 Å². The Balaban J connectivity index is 1.14. The predicted molar refractivity (Wildman–Crippen MR) is 180 cm³/mol. The van der Waals surface area contributed by atoms with Gasteiger partial charge < -0.3 is 25.2 Å². The zero-order chi connectivity index (χ0) is 34.7. The van der Waals surface area contributed by atoms with Gasteiger partial charge in [0.05, 0.1) is 24.4 Å². The van der Waals surface area contributed by atoms with Gasteiger partial charge in [-0.1, -0.05) is 18.6 Å². The summed E-state index contributed by atoms with van der Waals surface area (Å²) in [5.74, 6) is -0.405. The number of alkyl halides is 1. The maximum absolute atomic E-state index is 15.7. The van der Waals surface area contributed by atoms with Gasteiger partial charge in [0.25, 0.3) is 0 Å². The van der Waals surface area contributed by atoms with Crippen LogP contribution in [-0.4, -0.2) is 93.5 Å². The molecule has 0 aromatic heterocycles. The van der Waals surface area contributed by atoms with E-state index in [1.54, 1.807) is 24.3 Å². The van der Waals surface area contributed by atoms with Gasteiger partial charge in [-0.15, -0.1) is 0 Å². The molecule has 49 heavy (non-hydrogen) atoms. The number of amides is 2. The van der Waals surface area contributed by atoms with Gasteiger partial charge in [-0.05, 0) is 80.4 Å². The molecule has 2 N–H and O–H groups in total. The molecule has 4 aliphatic rings. The summed E-state index contributed by atoms with van der Waals surface area (Å²) in [6, 6.07) is 12.0. The average molecular weight is 681 g/mol. The molecule has 12 heteroatoms. The summed E-state index contributed by atoms with van der Waals surface area (Å²) < 4.78 is 48.8. The van der Waals surface area contributed by atoms with E-state index in [2.05, 4.69) is 21.6 Å². The first-order chi connectivity index (χ1) is 23.6. The number of anilines is 1. The highest BCUT2D eigenvalue weighted by atomic mass is 19.1. The molecule has 4 fully saturated rings. The number of nitrogens with zero attached hydrogens (tertiary/aromatic N) is 4. The lowest BCUT2D eigenvalue weighted by atomic mass is 9.58. The van der Waals surface area contributed by atoms with Crippen molar-refractivity contribution in [2.75, 3.05) is 64.4 Å². The lowest BCUT2D eigenvalue weighted by Gasteiger charge is -2.51. The zero-order valence-electron chi connectivity index (χ0n) is 28.4. The van der Waals surface area contributed by atoms with Crippen LogP contribution in [0.15, 0.2) is 36.4 Å². The molecule has 2 aromatic rings. The van der Waals surface area contributed by atoms with Crippen molar-refractivity contribution in [1.29, 1.82) is 5.26 Å². The van der Waals surface area contributed by atoms with E-state index >= 15 is 4.39 Å². The number of rotatable bonds is 11. The SMILES string of the molecule is COC(=O)N[C@H]1CCC[C@@H]1[C@](CNC(C)=O)(c1cccc(F)c1)C1CCN(CC2CN(c3ccc(C#N)c(CN4CC(F)C4)c3F)C2)CC1. The number of alkyl carbamates (subject to hydrolysis) is 1. The first-order valence-electron chi connectivity index (χ1n) is 17.5. The third-order valence-corrected chi connectivity index (χ3v) is 11.4. The third-order valence-electron chi connectivity index (χ3n) is 11.4. The summed E-state index contributed by atoms with van der Waals surface area (Å²) in [5, 5.41) is 15.7. The third kappa shape index (κ3) is 7.38. The van der Waals surface area contributed by atoms with Crippen LogP contribution in [0.1, 0.15) is 55.7 Å². The summed E-state index contributed by atoms with van der Waals surface area (Å²) in [5.41, 5.74) is 1.37. The highest BCUT2D eigenvalue weighted by Crippen LogP contribution is 2.50. The minimum atomic E-state index is -0.892. The van der Waals surface area contributed by atoms with E-state index in [4.69, 9.17) is 4.74 Å². The van der Waals surface area contributed by atoms with Crippen LogP contribution in [0.4, 0.5) is 23.7 Å². The first kappa shape index (κ1) is 35.0. The Morgan fingerprint density at radius 2 is 1.80 bits per heavy atom. The molecule has 3 heterocycles. The molecule has 264 valence electrons. The summed E-state index contributed by atoms with van der Waals surface area (Å²) >= 11 is 0. The van der Waals surface area contributed by atoms with Crippen LogP contribution in [0.2, 0.25) is 0 Å². The topological polar surface area (TPSA) is 101 Å².